The van der Waals surface area contributed by atoms with Gasteiger partial charge in [0.15, 0.2) is 0 Å². The van der Waals surface area contributed by atoms with Gasteiger partial charge in [-0.25, -0.2) is 4.98 Å². The first-order valence-electron chi connectivity index (χ1n) is 7.92. The molecule has 3 rings (SSSR count). The van der Waals surface area contributed by atoms with Crippen molar-refractivity contribution in [2.75, 3.05) is 36.8 Å². The largest absolute Gasteiger partial charge is 0.383 e. The van der Waals surface area contributed by atoms with Crippen LogP contribution in [0.2, 0.25) is 0 Å². The van der Waals surface area contributed by atoms with E-state index in [-0.39, 0.29) is 5.91 Å². The highest BCUT2D eigenvalue weighted by molar-refractivity contribution is 5.79. The third-order valence-electron chi connectivity index (χ3n) is 4.30. The lowest BCUT2D eigenvalue weighted by Gasteiger charge is -2.36. The Morgan fingerprint density at radius 2 is 1.87 bits per heavy atom. The summed E-state index contributed by atoms with van der Waals surface area (Å²) in [5, 5.41) is 0. The number of carbonyl (C=O) groups is 1. The van der Waals surface area contributed by atoms with Crippen LogP contribution in [0.25, 0.3) is 0 Å². The summed E-state index contributed by atoms with van der Waals surface area (Å²) in [6, 6.07) is 12.0. The molecule has 0 aliphatic carbocycles. The summed E-state index contributed by atoms with van der Waals surface area (Å²) in [6.07, 6.45) is 2.28. The molecule has 1 aliphatic heterocycles. The average Bonchev–Trinajstić information content (AvgIpc) is 2.58. The van der Waals surface area contributed by atoms with E-state index >= 15 is 0 Å². The summed E-state index contributed by atoms with van der Waals surface area (Å²) in [4.78, 5) is 20.8. The van der Waals surface area contributed by atoms with E-state index in [2.05, 4.69) is 16.0 Å². The van der Waals surface area contributed by atoms with Gasteiger partial charge < -0.3 is 15.5 Å². The van der Waals surface area contributed by atoms with Gasteiger partial charge >= 0.3 is 0 Å². The number of hydrogen-bond acceptors (Lipinski definition) is 4. The van der Waals surface area contributed by atoms with Crippen molar-refractivity contribution < 1.29 is 4.79 Å². The highest BCUT2D eigenvalue weighted by Gasteiger charge is 2.21. The monoisotopic (exact) mass is 310 g/mol. The van der Waals surface area contributed by atoms with E-state index in [0.717, 1.165) is 43.0 Å². The first-order valence-corrected chi connectivity index (χ1v) is 7.92. The molecule has 2 N–H and O–H groups in total. The molecule has 0 unspecified atom stereocenters. The smallest absolute Gasteiger partial charge is 0.227 e. The maximum atomic E-state index is 12.4. The van der Waals surface area contributed by atoms with Gasteiger partial charge in [0, 0.05) is 26.2 Å². The second-order valence-corrected chi connectivity index (χ2v) is 5.93. The number of rotatable bonds is 3. The number of hydrogen-bond donors (Lipinski definition) is 1. The highest BCUT2D eigenvalue weighted by atomic mass is 16.2. The Kier molecular flexibility index (Phi) is 4.46. The Hall–Kier alpha value is -2.56. The molecule has 0 spiro atoms. The van der Waals surface area contributed by atoms with Crippen molar-refractivity contribution in [3.8, 4) is 0 Å². The van der Waals surface area contributed by atoms with Crippen LogP contribution < -0.4 is 10.6 Å². The second kappa shape index (κ2) is 6.69. The minimum absolute atomic E-state index is 0.197. The number of pyridine rings is 1. The predicted octanol–water partition coefficient (Wildman–Crippen LogP) is 1.86. The lowest BCUT2D eigenvalue weighted by Crippen LogP contribution is -2.49. The Morgan fingerprint density at radius 3 is 2.52 bits per heavy atom. The van der Waals surface area contributed by atoms with Crippen molar-refractivity contribution in [3.63, 3.8) is 0 Å². The third kappa shape index (κ3) is 3.62. The summed E-state index contributed by atoms with van der Waals surface area (Å²) in [7, 11) is 0. The molecular weight excluding hydrogens is 288 g/mol. The lowest BCUT2D eigenvalue weighted by atomic mass is 10.1. The van der Waals surface area contributed by atoms with E-state index in [1.807, 2.05) is 48.4 Å². The minimum atomic E-state index is 0.197. The molecule has 1 amide bonds. The molecule has 1 fully saturated rings. The topological polar surface area (TPSA) is 62.5 Å². The summed E-state index contributed by atoms with van der Waals surface area (Å²) >= 11 is 0. The van der Waals surface area contributed by atoms with Gasteiger partial charge in [0.05, 0.1) is 18.3 Å². The molecule has 1 saturated heterocycles. The standard InChI is InChI=1S/C18H22N4O/c1-14-11-16(13-20-18(14)19)21-7-9-22(10-8-21)17(23)12-15-5-3-2-4-6-15/h2-6,11,13H,7-10,12H2,1H3,(H2,19,20). The number of amides is 1. The molecule has 2 heterocycles. The number of nitrogens with two attached hydrogens (primary N) is 1. The number of aryl methyl sites for hydroxylation is 1. The molecule has 2 aromatic rings. The van der Waals surface area contributed by atoms with Gasteiger partial charge in [-0.2, -0.15) is 0 Å². The summed E-state index contributed by atoms with van der Waals surface area (Å²) in [5.41, 5.74) is 8.91. The van der Waals surface area contributed by atoms with Gasteiger partial charge in [-0.05, 0) is 24.1 Å². The van der Waals surface area contributed by atoms with Crippen LogP contribution in [0.15, 0.2) is 42.6 Å². The van der Waals surface area contributed by atoms with Crippen LogP contribution in [-0.4, -0.2) is 42.0 Å². The van der Waals surface area contributed by atoms with Crippen LogP contribution in [-0.2, 0) is 11.2 Å². The molecule has 0 radical (unpaired) electrons. The molecule has 0 saturated carbocycles. The van der Waals surface area contributed by atoms with Gasteiger partial charge in [0.25, 0.3) is 0 Å². The fraction of sp³-hybridized carbons (Fsp3) is 0.333. The van der Waals surface area contributed by atoms with E-state index < -0.39 is 0 Å². The second-order valence-electron chi connectivity index (χ2n) is 5.93. The number of nitrogens with zero attached hydrogens (tertiary/aromatic N) is 3. The first kappa shape index (κ1) is 15.3. The van der Waals surface area contributed by atoms with Crippen molar-refractivity contribution in [3.05, 3.63) is 53.7 Å². The number of anilines is 2. The van der Waals surface area contributed by atoms with Crippen LogP contribution in [0.4, 0.5) is 11.5 Å². The van der Waals surface area contributed by atoms with Crippen molar-refractivity contribution >= 4 is 17.4 Å². The average molecular weight is 310 g/mol. The summed E-state index contributed by atoms with van der Waals surface area (Å²) in [6.45, 7) is 5.10. The van der Waals surface area contributed by atoms with E-state index in [1.54, 1.807) is 0 Å². The number of nitrogen functional groups attached to an aromatic ring is 1. The summed E-state index contributed by atoms with van der Waals surface area (Å²) < 4.78 is 0. The maximum absolute atomic E-state index is 12.4. The molecule has 1 aliphatic rings. The van der Waals surface area contributed by atoms with Crippen LogP contribution in [0.1, 0.15) is 11.1 Å². The van der Waals surface area contributed by atoms with E-state index in [1.165, 1.54) is 0 Å². The fourth-order valence-electron chi connectivity index (χ4n) is 2.84. The quantitative estimate of drug-likeness (QED) is 0.940. The van der Waals surface area contributed by atoms with Crippen molar-refractivity contribution in [1.29, 1.82) is 0 Å². The molecule has 0 atom stereocenters. The number of aromatic nitrogens is 1. The highest BCUT2D eigenvalue weighted by Crippen LogP contribution is 2.19. The number of piperazine rings is 1. The summed E-state index contributed by atoms with van der Waals surface area (Å²) in [5.74, 6) is 0.771. The van der Waals surface area contributed by atoms with Crippen molar-refractivity contribution in [1.82, 2.24) is 9.88 Å². The van der Waals surface area contributed by atoms with E-state index in [4.69, 9.17) is 5.73 Å². The van der Waals surface area contributed by atoms with Gasteiger partial charge in [-0.1, -0.05) is 30.3 Å². The molecule has 1 aromatic carbocycles. The molecule has 1 aromatic heterocycles. The Balaban J connectivity index is 1.57. The zero-order chi connectivity index (χ0) is 16.2. The molecule has 5 heteroatoms. The molecule has 0 bridgehead atoms. The zero-order valence-electron chi connectivity index (χ0n) is 13.4. The Morgan fingerprint density at radius 1 is 1.17 bits per heavy atom. The van der Waals surface area contributed by atoms with Crippen molar-refractivity contribution in [2.24, 2.45) is 0 Å². The Labute approximate surface area is 136 Å². The predicted molar refractivity (Wildman–Crippen MR) is 92.3 cm³/mol. The first-order chi connectivity index (χ1) is 11.1. The molecule has 120 valence electrons. The van der Waals surface area contributed by atoms with E-state index in [9.17, 15) is 4.79 Å². The van der Waals surface area contributed by atoms with Crippen molar-refractivity contribution in [2.45, 2.75) is 13.3 Å². The van der Waals surface area contributed by atoms with Gasteiger partial charge in [-0.3, -0.25) is 4.79 Å². The van der Waals surface area contributed by atoms with Crippen LogP contribution >= 0.6 is 0 Å². The minimum Gasteiger partial charge on any atom is -0.383 e. The SMILES string of the molecule is Cc1cc(N2CCN(C(=O)Cc3ccccc3)CC2)cnc1N. The molecule has 23 heavy (non-hydrogen) atoms. The normalized spacial score (nSPS) is 14.8. The van der Waals surface area contributed by atoms with Gasteiger partial charge in [-0.15, -0.1) is 0 Å². The lowest BCUT2D eigenvalue weighted by molar-refractivity contribution is -0.130. The van der Waals surface area contributed by atoms with Crippen LogP contribution in [0, 0.1) is 6.92 Å². The molecular formula is C18H22N4O. The number of carbonyl (C=O) groups excluding carboxylic acids is 1. The maximum Gasteiger partial charge on any atom is 0.227 e. The molecule has 5 nitrogen and oxygen atoms in total. The van der Waals surface area contributed by atoms with E-state index in [0.29, 0.717) is 12.2 Å². The van der Waals surface area contributed by atoms with Gasteiger partial charge in [0.2, 0.25) is 5.91 Å². The zero-order valence-corrected chi connectivity index (χ0v) is 13.4. The van der Waals surface area contributed by atoms with Gasteiger partial charge in [0.1, 0.15) is 5.82 Å². The van der Waals surface area contributed by atoms with Crippen LogP contribution in [0.3, 0.4) is 0 Å². The number of benzene rings is 1. The Bertz CT molecular complexity index is 679. The third-order valence-corrected chi connectivity index (χ3v) is 4.30. The van der Waals surface area contributed by atoms with Crippen LogP contribution in [0.5, 0.6) is 0 Å². The fourth-order valence-corrected chi connectivity index (χ4v) is 2.84.